The van der Waals surface area contributed by atoms with Crippen LogP contribution in [0.1, 0.15) is 57.1 Å². The van der Waals surface area contributed by atoms with Gasteiger partial charge in [0.15, 0.2) is 56.8 Å². The van der Waals surface area contributed by atoms with Crippen LogP contribution in [-0.2, 0) is 40.7 Å². The highest BCUT2D eigenvalue weighted by molar-refractivity contribution is 9.11. The molecule has 18 nitrogen and oxygen atoms in total. The summed E-state index contributed by atoms with van der Waals surface area (Å²) in [7, 11) is 0. The van der Waals surface area contributed by atoms with Crippen molar-refractivity contribution < 1.29 is 44.7 Å². The van der Waals surface area contributed by atoms with Gasteiger partial charge in [0, 0.05) is 47.2 Å². The predicted molar refractivity (Wildman–Crippen MR) is 416 cm³/mol. The molecule has 4 N–H and O–H groups in total. The Kier molecular flexibility index (Phi) is 32.4. The number of alkyl halides is 1. The fraction of sp³-hybridized carbons (Fsp3) is 0.0909. The Morgan fingerprint density at radius 2 is 0.972 bits per heavy atom. The minimum atomic E-state index is -0.536. The number of aliphatic imine (C=N–C) groups is 1. The molecule has 0 unspecified atom stereocenters. The summed E-state index contributed by atoms with van der Waals surface area (Å²) < 4.78 is 111. The normalized spacial score (nSPS) is 10.3. The molecule has 0 spiro atoms. The average molecular weight is 1780 g/mol. The van der Waals surface area contributed by atoms with Crippen LogP contribution in [0, 0.1) is 64.8 Å². The summed E-state index contributed by atoms with van der Waals surface area (Å²) in [5.41, 5.74) is 21.0. The molecule has 15 rings (SSSR count). The van der Waals surface area contributed by atoms with Gasteiger partial charge < -0.3 is 16.3 Å². The number of carbonyl (C=O) groups excluding carboxylic acids is 2. The highest BCUT2D eigenvalue weighted by Gasteiger charge is 2.16. The molecule has 0 bridgehead atoms. The van der Waals surface area contributed by atoms with E-state index in [4.69, 9.17) is 39.9 Å². The molecule has 0 saturated carbocycles. The number of imidazole rings is 4. The highest BCUT2D eigenvalue weighted by Crippen LogP contribution is 2.25. The first-order valence-corrected chi connectivity index (χ1v) is 36.2. The Morgan fingerprint density at radius 3 is 1.50 bits per heavy atom. The Hall–Kier alpha value is -10.8. The number of ketones is 1. The van der Waals surface area contributed by atoms with Crippen LogP contribution in [0.15, 0.2) is 251 Å². The summed E-state index contributed by atoms with van der Waals surface area (Å²) in [6.07, 6.45) is 14.5. The van der Waals surface area contributed by atoms with E-state index in [9.17, 15) is 44.7 Å². The third kappa shape index (κ3) is 24.6. The molecule has 0 aliphatic heterocycles. The van der Waals surface area contributed by atoms with E-state index in [1.807, 2.05) is 73.7 Å². The molecule has 0 aliphatic carbocycles. The van der Waals surface area contributed by atoms with Crippen LogP contribution in [0.5, 0.6) is 0 Å². The first-order valence-electron chi connectivity index (χ1n) is 31.9. The van der Waals surface area contributed by atoms with Gasteiger partial charge in [-0.15, -0.1) is 0 Å². The summed E-state index contributed by atoms with van der Waals surface area (Å²) in [6, 6.07) is 52.0. The molecule has 0 atom stereocenters. The van der Waals surface area contributed by atoms with Crippen molar-refractivity contribution in [1.29, 1.82) is 5.26 Å². The molecule has 0 saturated heterocycles. The minimum Gasteiger partial charge on any atom is -0.382 e. The van der Waals surface area contributed by atoms with Gasteiger partial charge in [0.1, 0.15) is 56.5 Å². The smallest absolute Gasteiger partial charge is 0.175 e. The van der Waals surface area contributed by atoms with Gasteiger partial charge in [-0.1, -0.05) is 112 Å². The number of hydrogen-bond acceptors (Lipinski definition) is 14. The van der Waals surface area contributed by atoms with E-state index >= 15 is 0 Å². The summed E-state index contributed by atoms with van der Waals surface area (Å²) in [5, 5.41) is 9.32. The van der Waals surface area contributed by atoms with Crippen molar-refractivity contribution in [2.45, 2.75) is 44.5 Å². The number of rotatable bonds is 12. The molecule has 0 aliphatic rings. The van der Waals surface area contributed by atoms with Gasteiger partial charge in [0.05, 0.1) is 94.0 Å². The van der Waals surface area contributed by atoms with E-state index in [1.54, 1.807) is 107 Å². The van der Waals surface area contributed by atoms with Crippen LogP contribution in [0.2, 0.25) is 10.3 Å². The van der Waals surface area contributed by atoms with E-state index in [1.165, 1.54) is 82.4 Å². The standard InChI is InChI=1S/C20H14FN3.C17H12FN3O.C8H7ClFNO.C7H4ClFN2.C7H6FN3.C6H4Br2FN.C6H6BrFN2.C6H5BrFN/c21-18-12-11-17-13-22-14-24(17)20(18)23-19(15-7-3-1-4-8-15)16-9-5-2-6-10-16;18-16-6-5-14-10-20-11-21(14)17(16)8-15(22)7-12-1-3-13(9-19)4-2-12;9-8-7(10)4-3-6(11-8)2-1-5-12;8-7-6(9)2-1-5-3-10-4-11(5)7;8-6-2-1-5-3-10-4-11(5)7(6)9;7-3-4-1-2-5(9)6(8)10-4;7-6-5(8)2-1-4(3-9)10-6;1-4-2-3-5(8)6(7)9-4/h1-14H;1-6,10-11H,7-8H2;3-5H,1-2H2;1-4H;1-4H,9H2;1-2H,3H2;1-2H,3,9H2;2-3H,1H3. The second-order valence-electron chi connectivity index (χ2n) is 22.3. The second kappa shape index (κ2) is 42.1. The molecule has 12 aromatic heterocycles. The Bertz CT molecular complexity index is 5450. The number of nitrogens with zero attached hydrogens (tertiary/aromatic N) is 14. The molecule has 12 heterocycles. The van der Waals surface area contributed by atoms with Crippen molar-refractivity contribution in [3.63, 3.8) is 0 Å². The number of aldehydes is 1. The lowest BCUT2D eigenvalue weighted by molar-refractivity contribution is -0.118. The molecular formula is C77H58Br4Cl2F8N16O2. The summed E-state index contributed by atoms with van der Waals surface area (Å²) >= 11 is 23.1. The van der Waals surface area contributed by atoms with Crippen LogP contribution in [0.4, 0.5) is 46.8 Å². The maximum atomic E-state index is 14.4. The number of aryl methyl sites for hydroxylation is 2. The largest absolute Gasteiger partial charge is 0.382 e. The average Bonchev–Trinajstić information content (AvgIpc) is 1.75. The number of hydrogen-bond donors (Lipinski definition) is 2. The van der Waals surface area contributed by atoms with Crippen LogP contribution >= 0.6 is 86.9 Å². The molecule has 0 fully saturated rings. The lowest BCUT2D eigenvalue weighted by atomic mass is 10.0. The van der Waals surface area contributed by atoms with Crippen LogP contribution in [-0.4, -0.2) is 75.3 Å². The first-order chi connectivity index (χ1) is 52.5. The third-order valence-electron chi connectivity index (χ3n) is 14.7. The second-order valence-corrected chi connectivity index (χ2v) is 25.8. The molecule has 32 heteroatoms. The Morgan fingerprint density at radius 1 is 0.514 bits per heavy atom. The zero-order valence-electron chi connectivity index (χ0n) is 56.8. The van der Waals surface area contributed by atoms with Gasteiger partial charge in [-0.25, -0.2) is 80.0 Å². The van der Waals surface area contributed by atoms with E-state index in [-0.39, 0.29) is 77.6 Å². The number of nitrogens with two attached hydrogens (primary N) is 2. The molecule has 3 aromatic carbocycles. The molecule has 556 valence electrons. The van der Waals surface area contributed by atoms with Gasteiger partial charge in [0.2, 0.25) is 0 Å². The van der Waals surface area contributed by atoms with Crippen molar-refractivity contribution in [3.05, 3.63) is 353 Å². The van der Waals surface area contributed by atoms with Crippen molar-refractivity contribution in [2.24, 2.45) is 10.7 Å². The monoisotopic (exact) mass is 1780 g/mol. The van der Waals surface area contributed by atoms with Crippen molar-refractivity contribution in [3.8, 4) is 6.07 Å². The molecule has 0 radical (unpaired) electrons. The Labute approximate surface area is 661 Å². The SMILES string of the molecule is Cc1ccc(F)c(Br)n1.Fc1ccc(CBr)nc1Br.Fc1ccc2cncn2c1Cl.Fc1ccc2cncn2c1N=C(c1ccccc1)c1ccccc1.N#Cc1ccc(CC(=O)Cc2c(F)ccc3cncn23)cc1.NCc1ccc(F)c(Br)n1.Nc1c(F)ccc2cncn12.O=CCCc1ccc(F)c(Cl)n1. The fourth-order valence-electron chi connectivity index (χ4n) is 9.35. The number of aromatic nitrogens is 12. The molecule has 109 heavy (non-hydrogen) atoms. The minimum absolute atomic E-state index is 0.000462. The van der Waals surface area contributed by atoms with Gasteiger partial charge in [-0.3, -0.25) is 22.4 Å². The summed E-state index contributed by atoms with van der Waals surface area (Å²) in [5.74, 6) is -2.96. The Balaban J connectivity index is 0.000000162. The summed E-state index contributed by atoms with van der Waals surface area (Å²) in [4.78, 5) is 57.8. The lowest BCUT2D eigenvalue weighted by Crippen LogP contribution is -2.11. The highest BCUT2D eigenvalue weighted by atomic mass is 79.9. The number of pyridine rings is 8. The van der Waals surface area contributed by atoms with Crippen molar-refractivity contribution >= 4 is 138 Å². The van der Waals surface area contributed by atoms with Gasteiger partial charge >= 0.3 is 0 Å². The predicted octanol–water partition coefficient (Wildman–Crippen LogP) is 19.1. The molecular weight excluding hydrogens is 1720 g/mol. The van der Waals surface area contributed by atoms with Gasteiger partial charge in [-0.05, 0) is 176 Å². The van der Waals surface area contributed by atoms with Crippen LogP contribution in [0.25, 0.3) is 22.1 Å². The zero-order valence-corrected chi connectivity index (χ0v) is 64.6. The maximum Gasteiger partial charge on any atom is 0.175 e. The lowest BCUT2D eigenvalue weighted by Gasteiger charge is -2.09. The van der Waals surface area contributed by atoms with E-state index in [0.29, 0.717) is 47.4 Å². The molecule has 15 aromatic rings. The number of fused-ring (bicyclic) bond motifs is 4. The quantitative estimate of drug-likeness (QED) is 0.0380. The van der Waals surface area contributed by atoms with Crippen molar-refractivity contribution in [2.75, 3.05) is 5.73 Å². The number of benzene rings is 3. The topological polar surface area (TPSA) is 243 Å². The number of carbonyl (C=O) groups is 2. The summed E-state index contributed by atoms with van der Waals surface area (Å²) in [6.45, 7) is 2.14. The third-order valence-corrected chi connectivity index (χ3v) is 17.6. The zero-order chi connectivity index (χ0) is 78.5. The van der Waals surface area contributed by atoms with E-state index < -0.39 is 23.3 Å². The maximum absolute atomic E-state index is 14.4. The number of Topliss-reactive ketones (excluding diaryl/α,β-unsaturated/α-hetero) is 1. The first kappa shape index (κ1) is 83.9. The van der Waals surface area contributed by atoms with Crippen LogP contribution in [0.3, 0.4) is 0 Å². The number of anilines is 1. The number of nitrogen functional groups attached to an aromatic ring is 1. The van der Waals surface area contributed by atoms with Crippen molar-refractivity contribution in [1.82, 2.24) is 57.5 Å². The number of nitriles is 1. The van der Waals surface area contributed by atoms with E-state index in [0.717, 1.165) is 62.1 Å². The number of halogens is 14. The fourth-order valence-corrected chi connectivity index (χ4v) is 11.2. The van der Waals surface area contributed by atoms with Gasteiger partial charge in [-0.2, -0.15) is 5.26 Å². The van der Waals surface area contributed by atoms with Gasteiger partial charge in [0.25, 0.3) is 0 Å². The molecule has 0 amide bonds. The van der Waals surface area contributed by atoms with E-state index in [2.05, 4.69) is 109 Å². The van der Waals surface area contributed by atoms with Crippen LogP contribution < -0.4 is 11.5 Å².